The van der Waals surface area contributed by atoms with Gasteiger partial charge in [0.15, 0.2) is 6.10 Å². The first-order chi connectivity index (χ1) is 13.0. The zero-order chi connectivity index (χ0) is 19.4. The van der Waals surface area contributed by atoms with Gasteiger partial charge in [0.1, 0.15) is 0 Å². The molecule has 1 heterocycles. The third kappa shape index (κ3) is 4.25. The molecule has 1 atom stereocenters. The molecule has 140 valence electrons. The van der Waals surface area contributed by atoms with E-state index in [1.54, 1.807) is 48.2 Å². The number of ketones is 1. The molecule has 1 aliphatic rings. The molecule has 0 unspecified atom stereocenters. The van der Waals surface area contributed by atoms with Gasteiger partial charge in [-0.3, -0.25) is 9.59 Å². The van der Waals surface area contributed by atoms with Gasteiger partial charge in [-0.15, -0.1) is 0 Å². The fourth-order valence-electron chi connectivity index (χ4n) is 3.14. The maximum absolute atomic E-state index is 12.5. The lowest BCUT2D eigenvalue weighted by atomic mass is 10.0. The molecule has 2 aromatic carbocycles. The average Bonchev–Trinajstić information content (AvgIpc) is 3.13. The number of anilines is 1. The summed E-state index contributed by atoms with van der Waals surface area (Å²) in [5, 5.41) is 0. The van der Waals surface area contributed by atoms with Crippen molar-refractivity contribution in [2.24, 2.45) is 0 Å². The molecule has 5 nitrogen and oxygen atoms in total. The van der Waals surface area contributed by atoms with Crippen LogP contribution in [0.5, 0.6) is 0 Å². The second-order valence-electron chi connectivity index (χ2n) is 6.66. The topological polar surface area (TPSA) is 63.7 Å². The predicted octanol–water partition coefficient (Wildman–Crippen LogP) is 3.80. The summed E-state index contributed by atoms with van der Waals surface area (Å²) < 4.78 is 5.36. The quantitative estimate of drug-likeness (QED) is 0.577. The van der Waals surface area contributed by atoms with Crippen LogP contribution in [0.15, 0.2) is 48.5 Å². The molecule has 0 spiro atoms. The van der Waals surface area contributed by atoms with Crippen molar-refractivity contribution in [2.45, 2.75) is 39.2 Å². The maximum atomic E-state index is 12.5. The van der Waals surface area contributed by atoms with Crippen molar-refractivity contribution in [1.29, 1.82) is 0 Å². The minimum atomic E-state index is -0.887. The molecule has 5 heteroatoms. The largest absolute Gasteiger partial charge is 0.451 e. The Labute approximate surface area is 158 Å². The maximum Gasteiger partial charge on any atom is 0.338 e. The van der Waals surface area contributed by atoms with Gasteiger partial charge in [-0.05, 0) is 43.5 Å². The summed E-state index contributed by atoms with van der Waals surface area (Å²) in [6.07, 6.45) is 1.35. The number of benzene rings is 2. The lowest BCUT2D eigenvalue weighted by Gasteiger charge is -2.17. The molecule has 0 aromatic heterocycles. The Bertz CT molecular complexity index is 857. The van der Waals surface area contributed by atoms with Crippen LogP contribution in [0, 0.1) is 0 Å². The van der Waals surface area contributed by atoms with Crippen molar-refractivity contribution < 1.29 is 19.1 Å². The molecule has 2 aromatic rings. The van der Waals surface area contributed by atoms with Crippen LogP contribution in [0.4, 0.5) is 5.69 Å². The minimum Gasteiger partial charge on any atom is -0.451 e. The van der Waals surface area contributed by atoms with Gasteiger partial charge in [0.25, 0.3) is 0 Å². The lowest BCUT2D eigenvalue weighted by molar-refractivity contribution is -0.117. The Kier molecular flexibility index (Phi) is 5.69. The first-order valence-corrected chi connectivity index (χ1v) is 9.24. The van der Waals surface area contributed by atoms with Crippen LogP contribution < -0.4 is 4.90 Å². The van der Waals surface area contributed by atoms with Crippen LogP contribution >= 0.6 is 0 Å². The molecule has 0 bridgehead atoms. The third-order valence-electron chi connectivity index (χ3n) is 4.77. The van der Waals surface area contributed by atoms with Crippen LogP contribution in [-0.2, 0) is 16.0 Å². The first kappa shape index (κ1) is 18.8. The molecule has 27 heavy (non-hydrogen) atoms. The molecular formula is C22H23NO4. The Hall–Kier alpha value is -2.95. The smallest absolute Gasteiger partial charge is 0.338 e. The number of Topliss-reactive ketones (excluding diaryl/α,β-unsaturated/α-hetero) is 1. The van der Waals surface area contributed by atoms with Gasteiger partial charge in [0.05, 0.1) is 5.56 Å². The number of nitrogens with zero attached hydrogens (tertiary/aromatic N) is 1. The SMILES string of the molecule is CCc1ccc(C(=O)[C@@H](C)OC(=O)c2cccc(N3CCCC3=O)c2)cc1. The first-order valence-electron chi connectivity index (χ1n) is 9.24. The lowest BCUT2D eigenvalue weighted by Crippen LogP contribution is -2.25. The van der Waals surface area contributed by atoms with E-state index in [0.717, 1.165) is 18.4 Å². The number of carbonyl (C=O) groups excluding carboxylic acids is 3. The van der Waals surface area contributed by atoms with Crippen LogP contribution in [0.2, 0.25) is 0 Å². The van der Waals surface area contributed by atoms with Crippen LogP contribution in [0.3, 0.4) is 0 Å². The third-order valence-corrected chi connectivity index (χ3v) is 4.77. The monoisotopic (exact) mass is 365 g/mol. The Morgan fingerprint density at radius 1 is 1.11 bits per heavy atom. The number of rotatable bonds is 6. The number of ether oxygens (including phenoxy) is 1. The van der Waals surface area contributed by atoms with Gasteiger partial charge in [0, 0.05) is 24.2 Å². The Morgan fingerprint density at radius 3 is 2.48 bits per heavy atom. The van der Waals surface area contributed by atoms with Crippen molar-refractivity contribution in [3.8, 4) is 0 Å². The highest BCUT2D eigenvalue weighted by molar-refractivity contribution is 6.02. The van der Waals surface area contributed by atoms with E-state index in [0.29, 0.717) is 29.8 Å². The summed E-state index contributed by atoms with van der Waals surface area (Å²) in [6.45, 7) is 4.27. The number of carbonyl (C=O) groups is 3. The molecule has 1 amide bonds. The molecule has 3 rings (SSSR count). The zero-order valence-corrected chi connectivity index (χ0v) is 15.6. The van der Waals surface area contributed by atoms with Gasteiger partial charge in [-0.1, -0.05) is 37.3 Å². The molecule has 0 saturated carbocycles. The minimum absolute atomic E-state index is 0.0552. The number of hydrogen-bond acceptors (Lipinski definition) is 4. The predicted molar refractivity (Wildman–Crippen MR) is 103 cm³/mol. The van der Waals surface area contributed by atoms with Gasteiger partial charge < -0.3 is 9.64 Å². The highest BCUT2D eigenvalue weighted by atomic mass is 16.5. The van der Waals surface area contributed by atoms with Crippen molar-refractivity contribution in [2.75, 3.05) is 11.4 Å². The van der Waals surface area contributed by atoms with Crippen molar-refractivity contribution >= 4 is 23.3 Å². The standard InChI is InChI=1S/C22H23NO4/c1-3-16-9-11-17(12-10-16)21(25)15(2)27-22(26)18-6-4-7-19(14-18)23-13-5-8-20(23)24/h4,6-7,9-12,14-15H,3,5,8,13H2,1-2H3/t15-/m1/s1. The molecule has 1 saturated heterocycles. The highest BCUT2D eigenvalue weighted by Gasteiger charge is 2.24. The average molecular weight is 365 g/mol. The van der Waals surface area contributed by atoms with E-state index in [-0.39, 0.29) is 11.7 Å². The van der Waals surface area contributed by atoms with Gasteiger partial charge in [0.2, 0.25) is 11.7 Å². The van der Waals surface area contributed by atoms with E-state index in [4.69, 9.17) is 4.74 Å². The zero-order valence-electron chi connectivity index (χ0n) is 15.6. The Morgan fingerprint density at radius 2 is 1.85 bits per heavy atom. The summed E-state index contributed by atoms with van der Waals surface area (Å²) in [5.74, 6) is -0.758. The molecule has 0 radical (unpaired) electrons. The Balaban J connectivity index is 1.68. The van der Waals surface area contributed by atoms with E-state index in [1.807, 2.05) is 19.1 Å². The number of amides is 1. The number of aryl methyl sites for hydroxylation is 1. The fraction of sp³-hybridized carbons (Fsp3) is 0.318. The number of esters is 1. The molecule has 0 N–H and O–H groups in total. The summed E-state index contributed by atoms with van der Waals surface area (Å²) in [5.41, 5.74) is 2.67. The summed E-state index contributed by atoms with van der Waals surface area (Å²) in [6, 6.07) is 14.1. The molecule has 0 aliphatic carbocycles. The second kappa shape index (κ2) is 8.16. The van der Waals surface area contributed by atoms with Gasteiger partial charge in [-0.25, -0.2) is 4.79 Å². The van der Waals surface area contributed by atoms with Crippen LogP contribution in [0.1, 0.15) is 53.0 Å². The summed E-state index contributed by atoms with van der Waals surface area (Å²) in [7, 11) is 0. The van der Waals surface area contributed by atoms with Gasteiger partial charge in [-0.2, -0.15) is 0 Å². The molecular weight excluding hydrogens is 342 g/mol. The molecule has 1 fully saturated rings. The summed E-state index contributed by atoms with van der Waals surface area (Å²) >= 11 is 0. The van der Waals surface area contributed by atoms with E-state index in [1.165, 1.54) is 0 Å². The normalized spacial score (nSPS) is 14.9. The fourth-order valence-corrected chi connectivity index (χ4v) is 3.14. The van der Waals surface area contributed by atoms with Crippen molar-refractivity contribution in [1.82, 2.24) is 0 Å². The van der Waals surface area contributed by atoms with Crippen molar-refractivity contribution in [3.63, 3.8) is 0 Å². The van der Waals surface area contributed by atoms with E-state index in [2.05, 4.69) is 0 Å². The van der Waals surface area contributed by atoms with E-state index < -0.39 is 12.1 Å². The number of hydrogen-bond donors (Lipinski definition) is 0. The highest BCUT2D eigenvalue weighted by Crippen LogP contribution is 2.23. The van der Waals surface area contributed by atoms with Crippen LogP contribution in [-0.4, -0.2) is 30.3 Å². The molecule has 1 aliphatic heterocycles. The second-order valence-corrected chi connectivity index (χ2v) is 6.66. The van der Waals surface area contributed by atoms with Gasteiger partial charge >= 0.3 is 5.97 Å². The van der Waals surface area contributed by atoms with E-state index >= 15 is 0 Å². The van der Waals surface area contributed by atoms with Crippen molar-refractivity contribution in [3.05, 3.63) is 65.2 Å². The van der Waals surface area contributed by atoms with E-state index in [9.17, 15) is 14.4 Å². The van der Waals surface area contributed by atoms with Crippen LogP contribution in [0.25, 0.3) is 0 Å². The summed E-state index contributed by atoms with van der Waals surface area (Å²) in [4.78, 5) is 38.5.